The molecular formula is C11H20N2S. The lowest BCUT2D eigenvalue weighted by Gasteiger charge is -2.06. The van der Waals surface area contributed by atoms with Crippen molar-refractivity contribution in [3.63, 3.8) is 0 Å². The van der Waals surface area contributed by atoms with E-state index in [9.17, 15) is 0 Å². The molecule has 0 unspecified atom stereocenters. The van der Waals surface area contributed by atoms with E-state index in [1.807, 2.05) is 0 Å². The van der Waals surface area contributed by atoms with Gasteiger partial charge >= 0.3 is 0 Å². The molecule has 0 aliphatic carbocycles. The maximum Gasteiger partial charge on any atom is 0.177 e. The molecule has 0 aliphatic heterocycles. The minimum Gasteiger partial charge on any atom is -0.334 e. The molecule has 1 aromatic heterocycles. The normalized spacial score (nSPS) is 10.8. The Morgan fingerprint density at radius 1 is 1.14 bits per heavy atom. The van der Waals surface area contributed by atoms with Crippen LogP contribution in [-0.2, 0) is 19.4 Å². The summed E-state index contributed by atoms with van der Waals surface area (Å²) in [7, 11) is 0. The van der Waals surface area contributed by atoms with Crippen LogP contribution in [0.5, 0.6) is 0 Å². The predicted molar refractivity (Wildman–Crippen MR) is 63.3 cm³/mol. The van der Waals surface area contributed by atoms with E-state index in [1.54, 1.807) is 0 Å². The molecular weight excluding hydrogens is 192 g/mol. The first-order valence-electron chi connectivity index (χ1n) is 5.55. The van der Waals surface area contributed by atoms with Crippen molar-refractivity contribution in [3.05, 3.63) is 16.2 Å². The molecule has 0 fully saturated rings. The Morgan fingerprint density at radius 3 is 2.29 bits per heavy atom. The van der Waals surface area contributed by atoms with E-state index in [4.69, 9.17) is 12.2 Å². The van der Waals surface area contributed by atoms with Crippen molar-refractivity contribution in [2.45, 2.75) is 53.0 Å². The summed E-state index contributed by atoms with van der Waals surface area (Å²) in [6.45, 7) is 7.55. The summed E-state index contributed by atoms with van der Waals surface area (Å²) in [5.41, 5.74) is 2.77. The molecule has 0 saturated heterocycles. The lowest BCUT2D eigenvalue weighted by Crippen LogP contribution is -2.02. The highest BCUT2D eigenvalue weighted by Crippen LogP contribution is 2.13. The highest BCUT2D eigenvalue weighted by molar-refractivity contribution is 7.71. The Kier molecular flexibility index (Phi) is 4.39. The van der Waals surface area contributed by atoms with Gasteiger partial charge in [-0.3, -0.25) is 0 Å². The second kappa shape index (κ2) is 5.35. The van der Waals surface area contributed by atoms with Gasteiger partial charge in [0.1, 0.15) is 0 Å². The third-order valence-corrected chi connectivity index (χ3v) is 2.80. The largest absolute Gasteiger partial charge is 0.334 e. The number of aryl methyl sites for hydroxylation is 1. The fourth-order valence-electron chi connectivity index (χ4n) is 1.87. The van der Waals surface area contributed by atoms with Crippen LogP contribution in [0.4, 0.5) is 0 Å². The van der Waals surface area contributed by atoms with Gasteiger partial charge in [-0.25, -0.2) is 0 Å². The van der Waals surface area contributed by atoms with Gasteiger partial charge in [0, 0.05) is 17.9 Å². The second-order valence-electron chi connectivity index (χ2n) is 3.60. The molecule has 14 heavy (non-hydrogen) atoms. The maximum atomic E-state index is 5.30. The summed E-state index contributed by atoms with van der Waals surface area (Å²) in [4.78, 5) is 3.33. The molecule has 1 N–H and O–H groups in total. The van der Waals surface area contributed by atoms with Crippen molar-refractivity contribution in [2.75, 3.05) is 0 Å². The van der Waals surface area contributed by atoms with Gasteiger partial charge in [0.2, 0.25) is 0 Å². The SMILES string of the molecule is CCCc1[nH]c(=S)n(CC)c1CCC. The summed E-state index contributed by atoms with van der Waals surface area (Å²) < 4.78 is 3.11. The molecule has 1 aromatic rings. The molecule has 0 aromatic carbocycles. The van der Waals surface area contributed by atoms with Crippen LogP contribution in [-0.4, -0.2) is 9.55 Å². The summed E-state index contributed by atoms with van der Waals surface area (Å²) in [5.74, 6) is 0. The molecule has 3 heteroatoms. The van der Waals surface area contributed by atoms with Crippen molar-refractivity contribution >= 4 is 12.2 Å². The molecule has 0 bridgehead atoms. The van der Waals surface area contributed by atoms with Crippen LogP contribution in [0.15, 0.2) is 0 Å². The average molecular weight is 212 g/mol. The molecule has 80 valence electrons. The third kappa shape index (κ3) is 2.27. The van der Waals surface area contributed by atoms with Crippen LogP contribution in [0.2, 0.25) is 0 Å². The van der Waals surface area contributed by atoms with Crippen molar-refractivity contribution in [1.82, 2.24) is 9.55 Å². The smallest absolute Gasteiger partial charge is 0.177 e. The fourth-order valence-corrected chi connectivity index (χ4v) is 2.23. The van der Waals surface area contributed by atoms with Gasteiger partial charge in [0.05, 0.1) is 0 Å². The number of rotatable bonds is 5. The Morgan fingerprint density at radius 2 is 1.79 bits per heavy atom. The molecule has 0 amide bonds. The molecule has 2 nitrogen and oxygen atoms in total. The van der Waals surface area contributed by atoms with Gasteiger partial charge in [-0.05, 0) is 32.0 Å². The van der Waals surface area contributed by atoms with Gasteiger partial charge in [-0.2, -0.15) is 0 Å². The van der Waals surface area contributed by atoms with Crippen LogP contribution < -0.4 is 0 Å². The van der Waals surface area contributed by atoms with Crippen LogP contribution in [0.25, 0.3) is 0 Å². The highest BCUT2D eigenvalue weighted by Gasteiger charge is 2.08. The van der Waals surface area contributed by atoms with E-state index in [1.165, 1.54) is 24.2 Å². The van der Waals surface area contributed by atoms with E-state index in [0.29, 0.717) is 0 Å². The lowest BCUT2D eigenvalue weighted by atomic mass is 10.1. The molecule has 0 radical (unpaired) electrons. The van der Waals surface area contributed by atoms with Crippen molar-refractivity contribution in [3.8, 4) is 0 Å². The van der Waals surface area contributed by atoms with Gasteiger partial charge in [0.25, 0.3) is 0 Å². The molecule has 0 saturated carbocycles. The zero-order valence-corrected chi connectivity index (χ0v) is 10.2. The minimum absolute atomic E-state index is 0.888. The number of aromatic nitrogens is 2. The van der Waals surface area contributed by atoms with E-state index in [0.717, 1.165) is 24.2 Å². The monoisotopic (exact) mass is 212 g/mol. The topological polar surface area (TPSA) is 20.7 Å². The second-order valence-corrected chi connectivity index (χ2v) is 3.99. The fraction of sp³-hybridized carbons (Fsp3) is 0.727. The predicted octanol–water partition coefficient (Wildman–Crippen LogP) is 3.47. The first kappa shape index (κ1) is 11.5. The van der Waals surface area contributed by atoms with E-state index in [2.05, 4.69) is 30.3 Å². The van der Waals surface area contributed by atoms with Gasteiger partial charge in [0.15, 0.2) is 4.77 Å². The van der Waals surface area contributed by atoms with Crippen LogP contribution in [0.1, 0.15) is 45.0 Å². The van der Waals surface area contributed by atoms with Crippen molar-refractivity contribution < 1.29 is 0 Å². The summed E-state index contributed by atoms with van der Waals surface area (Å²) in [6.07, 6.45) is 4.61. The zero-order valence-electron chi connectivity index (χ0n) is 9.39. The number of aromatic amines is 1. The maximum absolute atomic E-state index is 5.30. The zero-order chi connectivity index (χ0) is 10.6. The number of imidazole rings is 1. The number of hydrogen-bond acceptors (Lipinski definition) is 1. The molecule has 0 spiro atoms. The number of H-pyrrole nitrogens is 1. The van der Waals surface area contributed by atoms with Crippen molar-refractivity contribution in [1.29, 1.82) is 0 Å². The van der Waals surface area contributed by atoms with E-state index < -0.39 is 0 Å². The molecule has 0 atom stereocenters. The number of nitrogens with one attached hydrogen (secondary N) is 1. The van der Waals surface area contributed by atoms with Gasteiger partial charge in [-0.15, -0.1) is 0 Å². The Hall–Kier alpha value is -0.570. The average Bonchev–Trinajstić information content (AvgIpc) is 2.44. The van der Waals surface area contributed by atoms with Crippen LogP contribution in [0, 0.1) is 4.77 Å². The molecule has 0 aliphatic rings. The Balaban J connectivity index is 3.09. The summed E-state index contributed by atoms with van der Waals surface area (Å²) >= 11 is 5.30. The third-order valence-electron chi connectivity index (χ3n) is 2.48. The van der Waals surface area contributed by atoms with Gasteiger partial charge < -0.3 is 9.55 Å². The first-order chi connectivity index (χ1) is 6.74. The van der Waals surface area contributed by atoms with Crippen molar-refractivity contribution in [2.24, 2.45) is 0 Å². The number of nitrogens with zero attached hydrogens (tertiary/aromatic N) is 1. The first-order valence-corrected chi connectivity index (χ1v) is 5.95. The number of hydrogen-bond donors (Lipinski definition) is 1. The van der Waals surface area contributed by atoms with Crippen LogP contribution >= 0.6 is 12.2 Å². The van der Waals surface area contributed by atoms with E-state index in [-0.39, 0.29) is 0 Å². The molecule has 1 rings (SSSR count). The minimum atomic E-state index is 0.888. The van der Waals surface area contributed by atoms with Gasteiger partial charge in [-0.1, -0.05) is 26.7 Å². The Labute approximate surface area is 91.3 Å². The highest BCUT2D eigenvalue weighted by atomic mass is 32.1. The lowest BCUT2D eigenvalue weighted by molar-refractivity contribution is 0.684. The van der Waals surface area contributed by atoms with E-state index >= 15 is 0 Å². The standard InChI is InChI=1S/C11H20N2S/c1-4-7-9-10(8-5-2)13(6-3)11(14)12-9/h4-8H2,1-3H3,(H,12,14). The quantitative estimate of drug-likeness (QED) is 0.741. The summed E-state index contributed by atoms with van der Waals surface area (Å²) in [5, 5.41) is 0. The Bertz CT molecular complexity index is 336. The molecule has 1 heterocycles. The van der Waals surface area contributed by atoms with Crippen LogP contribution in [0.3, 0.4) is 0 Å². The summed E-state index contributed by atoms with van der Waals surface area (Å²) in [6, 6.07) is 0.